The maximum atomic E-state index is 13.2. The first-order valence-electron chi connectivity index (χ1n) is 9.88. The van der Waals surface area contributed by atoms with Crippen molar-refractivity contribution in [2.24, 2.45) is 0 Å². The molecule has 4 rings (SSSR count). The highest BCUT2D eigenvalue weighted by Gasteiger charge is 2.29. The van der Waals surface area contributed by atoms with E-state index in [-0.39, 0.29) is 23.1 Å². The summed E-state index contributed by atoms with van der Waals surface area (Å²) in [6.45, 7) is 4.04. The van der Waals surface area contributed by atoms with Crippen molar-refractivity contribution in [1.82, 2.24) is 4.90 Å². The first-order valence-corrected chi connectivity index (χ1v) is 11.2. The third-order valence-corrected chi connectivity index (χ3v) is 6.79. The molecular formula is C21H21ClN4O4S. The lowest BCUT2D eigenvalue weighted by atomic mass is 10.1. The Kier molecular flexibility index (Phi) is 6.06. The van der Waals surface area contributed by atoms with E-state index in [1.54, 1.807) is 45.8 Å². The van der Waals surface area contributed by atoms with E-state index in [1.807, 2.05) is 11.0 Å². The summed E-state index contributed by atoms with van der Waals surface area (Å²) in [5.74, 6) is 0.441. The SMILES string of the molecule is CC(=O)N1CCN(c2ccc(C(=O)N3CCSc4ccc(Cl)cc43)cc2[N+](=O)[O-])CC1. The third kappa shape index (κ3) is 4.33. The molecule has 10 heteroatoms. The van der Waals surface area contributed by atoms with E-state index in [1.165, 1.54) is 13.0 Å². The van der Waals surface area contributed by atoms with Crippen molar-refractivity contribution in [3.63, 3.8) is 0 Å². The average Bonchev–Trinajstić information content (AvgIpc) is 2.77. The Morgan fingerprint density at radius 1 is 1.03 bits per heavy atom. The van der Waals surface area contributed by atoms with E-state index < -0.39 is 4.92 Å². The summed E-state index contributed by atoms with van der Waals surface area (Å²) in [7, 11) is 0. The lowest BCUT2D eigenvalue weighted by Crippen LogP contribution is -2.48. The van der Waals surface area contributed by atoms with Gasteiger partial charge >= 0.3 is 0 Å². The van der Waals surface area contributed by atoms with Crippen LogP contribution in [0.2, 0.25) is 5.02 Å². The summed E-state index contributed by atoms with van der Waals surface area (Å²) in [5.41, 5.74) is 1.33. The smallest absolute Gasteiger partial charge is 0.293 e. The number of carbonyl (C=O) groups is 2. The Hall–Kier alpha value is -2.78. The van der Waals surface area contributed by atoms with Crippen LogP contribution >= 0.6 is 23.4 Å². The van der Waals surface area contributed by atoms with Crippen LogP contribution in [0.25, 0.3) is 0 Å². The fraction of sp³-hybridized carbons (Fsp3) is 0.333. The molecule has 0 radical (unpaired) electrons. The quantitative estimate of drug-likeness (QED) is 0.513. The van der Waals surface area contributed by atoms with Crippen LogP contribution in [-0.4, -0.2) is 60.1 Å². The van der Waals surface area contributed by atoms with Crippen LogP contribution in [0.15, 0.2) is 41.3 Å². The number of anilines is 2. The van der Waals surface area contributed by atoms with Gasteiger partial charge in [-0.3, -0.25) is 19.7 Å². The van der Waals surface area contributed by atoms with Gasteiger partial charge in [-0.25, -0.2) is 0 Å². The van der Waals surface area contributed by atoms with Gasteiger partial charge in [0.05, 0.1) is 10.6 Å². The Balaban J connectivity index is 1.62. The van der Waals surface area contributed by atoms with Gasteiger partial charge in [0.2, 0.25) is 5.91 Å². The summed E-state index contributed by atoms with van der Waals surface area (Å²) in [5, 5.41) is 12.3. The van der Waals surface area contributed by atoms with E-state index in [0.717, 1.165) is 16.3 Å². The minimum Gasteiger partial charge on any atom is -0.362 e. The molecule has 2 heterocycles. The number of thioether (sulfide) groups is 1. The van der Waals surface area contributed by atoms with Crippen molar-refractivity contribution in [2.45, 2.75) is 11.8 Å². The molecule has 0 aliphatic carbocycles. The molecule has 0 atom stereocenters. The minimum atomic E-state index is -0.458. The molecule has 2 aliphatic rings. The summed E-state index contributed by atoms with van der Waals surface area (Å²) in [4.78, 5) is 42.3. The van der Waals surface area contributed by atoms with Gasteiger partial charge in [-0.05, 0) is 30.3 Å². The van der Waals surface area contributed by atoms with Crippen molar-refractivity contribution < 1.29 is 14.5 Å². The zero-order valence-corrected chi connectivity index (χ0v) is 18.5. The lowest BCUT2D eigenvalue weighted by molar-refractivity contribution is -0.384. The van der Waals surface area contributed by atoms with Gasteiger partial charge in [-0.1, -0.05) is 11.6 Å². The zero-order chi connectivity index (χ0) is 22.1. The molecular weight excluding hydrogens is 440 g/mol. The second kappa shape index (κ2) is 8.76. The number of nitrogens with zero attached hydrogens (tertiary/aromatic N) is 4. The largest absolute Gasteiger partial charge is 0.362 e. The molecule has 162 valence electrons. The number of rotatable bonds is 3. The fourth-order valence-corrected chi connectivity index (χ4v) is 5.03. The lowest BCUT2D eigenvalue weighted by Gasteiger charge is -2.35. The normalized spacial score (nSPS) is 16.1. The number of piperazine rings is 1. The topological polar surface area (TPSA) is 87.0 Å². The molecule has 0 aromatic heterocycles. The van der Waals surface area contributed by atoms with Gasteiger partial charge in [0.25, 0.3) is 11.6 Å². The number of benzene rings is 2. The van der Waals surface area contributed by atoms with Crippen LogP contribution in [0.3, 0.4) is 0 Å². The van der Waals surface area contributed by atoms with Crippen LogP contribution in [-0.2, 0) is 4.79 Å². The second-order valence-electron chi connectivity index (χ2n) is 7.37. The molecule has 0 saturated carbocycles. The van der Waals surface area contributed by atoms with Crippen molar-refractivity contribution in [3.05, 3.63) is 57.1 Å². The highest BCUT2D eigenvalue weighted by molar-refractivity contribution is 7.99. The van der Waals surface area contributed by atoms with E-state index in [9.17, 15) is 19.7 Å². The predicted octanol–water partition coefficient (Wildman–Crippen LogP) is 3.67. The third-order valence-electron chi connectivity index (χ3n) is 5.51. The van der Waals surface area contributed by atoms with Crippen LogP contribution in [0.5, 0.6) is 0 Å². The number of nitro groups is 1. The summed E-state index contributed by atoms with van der Waals surface area (Å²) < 4.78 is 0. The van der Waals surface area contributed by atoms with Crippen LogP contribution in [0.1, 0.15) is 17.3 Å². The van der Waals surface area contributed by atoms with Gasteiger partial charge in [-0.15, -0.1) is 11.8 Å². The highest BCUT2D eigenvalue weighted by Crippen LogP contribution is 2.38. The first-order chi connectivity index (χ1) is 14.8. The molecule has 31 heavy (non-hydrogen) atoms. The molecule has 1 saturated heterocycles. The van der Waals surface area contributed by atoms with Gasteiger partial charge in [0.1, 0.15) is 5.69 Å². The predicted molar refractivity (Wildman–Crippen MR) is 121 cm³/mol. The van der Waals surface area contributed by atoms with Crippen molar-refractivity contribution in [1.29, 1.82) is 0 Å². The van der Waals surface area contributed by atoms with Crippen molar-refractivity contribution in [3.8, 4) is 0 Å². The number of halogens is 1. The Morgan fingerprint density at radius 2 is 1.77 bits per heavy atom. The summed E-state index contributed by atoms with van der Waals surface area (Å²) in [6.07, 6.45) is 0. The molecule has 0 spiro atoms. The van der Waals surface area contributed by atoms with Gasteiger partial charge in [-0.2, -0.15) is 0 Å². The first kappa shape index (κ1) is 21.5. The van der Waals surface area contributed by atoms with Gasteiger partial charge < -0.3 is 14.7 Å². The summed E-state index contributed by atoms with van der Waals surface area (Å²) in [6, 6.07) is 10.0. The second-order valence-corrected chi connectivity index (χ2v) is 8.94. The Bertz CT molecular complexity index is 1060. The Labute approximate surface area is 188 Å². The maximum Gasteiger partial charge on any atom is 0.293 e. The minimum absolute atomic E-state index is 0.00447. The molecule has 0 unspecified atom stereocenters. The zero-order valence-electron chi connectivity index (χ0n) is 16.9. The van der Waals surface area contributed by atoms with Crippen molar-refractivity contribution in [2.75, 3.05) is 48.3 Å². The van der Waals surface area contributed by atoms with Gasteiger partial charge in [0, 0.05) is 66.9 Å². The number of carbonyl (C=O) groups excluding carboxylic acids is 2. The molecule has 2 aromatic carbocycles. The van der Waals surface area contributed by atoms with Crippen molar-refractivity contribution >= 4 is 52.2 Å². The summed E-state index contributed by atoms with van der Waals surface area (Å²) >= 11 is 7.78. The molecule has 2 amide bonds. The molecule has 1 fully saturated rings. The van der Waals surface area contributed by atoms with Crippen LogP contribution in [0, 0.1) is 10.1 Å². The number of hydrogen-bond acceptors (Lipinski definition) is 6. The number of nitro benzene ring substituents is 1. The van der Waals surface area contributed by atoms with E-state index in [2.05, 4.69) is 0 Å². The molecule has 2 aromatic rings. The number of amides is 2. The highest BCUT2D eigenvalue weighted by atomic mass is 35.5. The average molecular weight is 461 g/mol. The molecule has 0 bridgehead atoms. The van der Waals surface area contributed by atoms with Crippen LogP contribution in [0.4, 0.5) is 17.1 Å². The molecule has 0 N–H and O–H groups in total. The van der Waals surface area contributed by atoms with E-state index in [0.29, 0.717) is 43.4 Å². The standard InChI is InChI=1S/C21H21ClN4O4S/c1-14(27)23-6-8-24(9-7-23)17-4-2-15(12-18(17)26(29)30)21(28)25-10-11-31-20-5-3-16(22)13-19(20)25/h2-5,12-13H,6-11H2,1H3. The maximum absolute atomic E-state index is 13.2. The fourth-order valence-electron chi connectivity index (χ4n) is 3.89. The molecule has 2 aliphatic heterocycles. The number of hydrogen-bond donors (Lipinski definition) is 0. The van der Waals surface area contributed by atoms with E-state index in [4.69, 9.17) is 11.6 Å². The monoisotopic (exact) mass is 460 g/mol. The van der Waals surface area contributed by atoms with Gasteiger partial charge in [0.15, 0.2) is 0 Å². The van der Waals surface area contributed by atoms with E-state index >= 15 is 0 Å². The van der Waals surface area contributed by atoms with Crippen LogP contribution < -0.4 is 9.80 Å². The number of fused-ring (bicyclic) bond motifs is 1. The molecule has 8 nitrogen and oxygen atoms in total. The Morgan fingerprint density at radius 3 is 2.45 bits per heavy atom.